The van der Waals surface area contributed by atoms with E-state index in [1.165, 1.54) is 11.1 Å². The van der Waals surface area contributed by atoms with Crippen LogP contribution in [0.1, 0.15) is 16.7 Å². The molecule has 3 rings (SSSR count). The third kappa shape index (κ3) is 5.29. The van der Waals surface area contributed by atoms with Crippen molar-refractivity contribution in [2.45, 2.75) is 12.8 Å². The average Bonchev–Trinajstić information content (AvgIpc) is 2.68. The van der Waals surface area contributed by atoms with E-state index in [1.54, 1.807) is 6.08 Å². The Bertz CT molecular complexity index is 763. The molecule has 0 amide bonds. The Morgan fingerprint density at radius 3 is 1.60 bits per heavy atom. The highest BCUT2D eigenvalue weighted by atomic mass is 16.1. The quantitative estimate of drug-likeness (QED) is 0.533. The molecule has 0 aliphatic rings. The second-order valence-electron chi connectivity index (χ2n) is 6.22. The zero-order valence-electron chi connectivity index (χ0n) is 14.2. The highest BCUT2D eigenvalue weighted by Crippen LogP contribution is 2.17. The Kier molecular flexibility index (Phi) is 5.95. The van der Waals surface area contributed by atoms with Crippen molar-refractivity contribution in [3.63, 3.8) is 0 Å². The van der Waals surface area contributed by atoms with Crippen LogP contribution < -0.4 is 0 Å². The molecule has 0 radical (unpaired) electrons. The van der Waals surface area contributed by atoms with E-state index < -0.39 is 0 Å². The summed E-state index contributed by atoms with van der Waals surface area (Å²) >= 11 is 0. The Morgan fingerprint density at radius 1 is 0.680 bits per heavy atom. The summed E-state index contributed by atoms with van der Waals surface area (Å²) in [5, 5.41) is 0. The van der Waals surface area contributed by atoms with Gasteiger partial charge in [0.1, 0.15) is 0 Å². The number of hydrogen-bond donors (Lipinski definition) is 0. The summed E-state index contributed by atoms with van der Waals surface area (Å²) in [5.41, 5.74) is 3.45. The third-order valence-corrected chi connectivity index (χ3v) is 4.29. The van der Waals surface area contributed by atoms with Gasteiger partial charge in [-0.2, -0.15) is 0 Å². The summed E-state index contributed by atoms with van der Waals surface area (Å²) < 4.78 is 0. The first-order valence-electron chi connectivity index (χ1n) is 8.66. The third-order valence-electron chi connectivity index (χ3n) is 4.29. The first-order valence-corrected chi connectivity index (χ1v) is 8.66. The van der Waals surface area contributed by atoms with Gasteiger partial charge in [0.05, 0.1) is 0 Å². The summed E-state index contributed by atoms with van der Waals surface area (Å²) in [7, 11) is 0. The second-order valence-corrected chi connectivity index (χ2v) is 6.22. The molecule has 0 aliphatic heterocycles. The molecule has 0 saturated heterocycles. The number of hydrogen-bond acceptors (Lipinski definition) is 1. The molecule has 1 nitrogen and oxygen atoms in total. The Labute approximate surface area is 149 Å². The fraction of sp³-hybridized carbons (Fsp3) is 0.125. The van der Waals surface area contributed by atoms with Crippen LogP contribution in [0.3, 0.4) is 0 Å². The van der Waals surface area contributed by atoms with Gasteiger partial charge in [-0.25, -0.2) is 0 Å². The summed E-state index contributed by atoms with van der Waals surface area (Å²) in [4.78, 5) is 12.8. The molecule has 0 aromatic heterocycles. The van der Waals surface area contributed by atoms with Gasteiger partial charge < -0.3 is 0 Å². The van der Waals surface area contributed by atoms with Crippen LogP contribution in [-0.2, 0) is 17.6 Å². The minimum absolute atomic E-state index is 0.0511. The van der Waals surface area contributed by atoms with Crippen LogP contribution in [0.5, 0.6) is 0 Å². The molecule has 3 aromatic carbocycles. The maximum Gasteiger partial charge on any atom is 0.159 e. The lowest BCUT2D eigenvalue weighted by molar-refractivity contribution is -0.118. The van der Waals surface area contributed by atoms with Crippen LogP contribution >= 0.6 is 0 Å². The van der Waals surface area contributed by atoms with Crippen molar-refractivity contribution in [2.75, 3.05) is 0 Å². The SMILES string of the molecule is O=C(C=Cc1ccccc1)C(Cc1ccccc1)Cc1ccccc1. The topological polar surface area (TPSA) is 17.1 Å². The van der Waals surface area contributed by atoms with Crippen molar-refractivity contribution in [1.82, 2.24) is 0 Å². The summed E-state index contributed by atoms with van der Waals surface area (Å²) in [6, 6.07) is 30.4. The molecule has 0 aliphatic carbocycles. The molecular weight excluding hydrogens is 304 g/mol. The van der Waals surface area contributed by atoms with Crippen LogP contribution in [-0.4, -0.2) is 5.78 Å². The normalized spacial score (nSPS) is 11.1. The standard InChI is InChI=1S/C24H22O/c25-24(17-16-20-10-4-1-5-11-20)23(18-21-12-6-2-7-13-21)19-22-14-8-3-9-15-22/h1-17,23H,18-19H2. The first-order chi connectivity index (χ1) is 12.3. The van der Waals surface area contributed by atoms with Crippen LogP contribution in [0, 0.1) is 5.92 Å². The van der Waals surface area contributed by atoms with E-state index in [4.69, 9.17) is 0 Å². The average molecular weight is 326 g/mol. The molecule has 0 atom stereocenters. The van der Waals surface area contributed by atoms with E-state index in [0.717, 1.165) is 18.4 Å². The van der Waals surface area contributed by atoms with Crippen molar-refractivity contribution in [3.8, 4) is 0 Å². The van der Waals surface area contributed by atoms with E-state index in [9.17, 15) is 4.79 Å². The molecule has 1 heteroatoms. The number of carbonyl (C=O) groups excluding carboxylic acids is 1. The van der Waals surface area contributed by atoms with Gasteiger partial charge in [-0.05, 0) is 35.6 Å². The minimum Gasteiger partial charge on any atom is -0.295 e. The van der Waals surface area contributed by atoms with Gasteiger partial charge in [0.15, 0.2) is 5.78 Å². The lowest BCUT2D eigenvalue weighted by atomic mass is 9.88. The molecule has 25 heavy (non-hydrogen) atoms. The number of ketones is 1. The van der Waals surface area contributed by atoms with Gasteiger partial charge in [0.2, 0.25) is 0 Å². The molecule has 124 valence electrons. The van der Waals surface area contributed by atoms with E-state index in [-0.39, 0.29) is 11.7 Å². The van der Waals surface area contributed by atoms with Gasteiger partial charge in [-0.3, -0.25) is 4.79 Å². The molecule has 0 heterocycles. The van der Waals surface area contributed by atoms with Gasteiger partial charge in [0, 0.05) is 5.92 Å². The first kappa shape index (κ1) is 16.9. The van der Waals surface area contributed by atoms with E-state index >= 15 is 0 Å². The van der Waals surface area contributed by atoms with E-state index in [0.29, 0.717) is 0 Å². The number of rotatable bonds is 7. The van der Waals surface area contributed by atoms with Crippen LogP contribution in [0.4, 0.5) is 0 Å². The fourth-order valence-electron chi connectivity index (χ4n) is 2.95. The Balaban J connectivity index is 1.77. The monoisotopic (exact) mass is 326 g/mol. The van der Waals surface area contributed by atoms with Crippen LogP contribution in [0.25, 0.3) is 6.08 Å². The molecule has 0 bridgehead atoms. The zero-order chi connectivity index (χ0) is 17.3. The largest absolute Gasteiger partial charge is 0.295 e. The van der Waals surface area contributed by atoms with Crippen molar-refractivity contribution in [2.24, 2.45) is 5.92 Å². The predicted molar refractivity (Wildman–Crippen MR) is 104 cm³/mol. The highest BCUT2D eigenvalue weighted by Gasteiger charge is 2.17. The van der Waals surface area contributed by atoms with Crippen LogP contribution in [0.2, 0.25) is 0 Å². The summed E-state index contributed by atoms with van der Waals surface area (Å²) in [6.07, 6.45) is 5.15. The molecule has 0 unspecified atom stereocenters. The second kappa shape index (κ2) is 8.79. The molecule has 0 fully saturated rings. The lowest BCUT2D eigenvalue weighted by Crippen LogP contribution is -2.18. The number of benzene rings is 3. The van der Waals surface area contributed by atoms with Crippen molar-refractivity contribution < 1.29 is 4.79 Å². The zero-order valence-corrected chi connectivity index (χ0v) is 14.2. The Hall–Kier alpha value is -2.93. The summed E-state index contributed by atoms with van der Waals surface area (Å²) in [6.45, 7) is 0. The molecule has 0 spiro atoms. The minimum atomic E-state index is -0.0511. The molecular formula is C24H22O. The maximum absolute atomic E-state index is 12.8. The van der Waals surface area contributed by atoms with Crippen LogP contribution in [0.15, 0.2) is 97.1 Å². The Morgan fingerprint density at radius 2 is 1.12 bits per heavy atom. The molecule has 0 saturated carbocycles. The van der Waals surface area contributed by atoms with Gasteiger partial charge >= 0.3 is 0 Å². The summed E-state index contributed by atoms with van der Waals surface area (Å²) in [5.74, 6) is 0.126. The van der Waals surface area contributed by atoms with E-state index in [1.807, 2.05) is 72.8 Å². The fourth-order valence-corrected chi connectivity index (χ4v) is 2.95. The smallest absolute Gasteiger partial charge is 0.159 e. The van der Waals surface area contributed by atoms with Crippen molar-refractivity contribution in [1.29, 1.82) is 0 Å². The van der Waals surface area contributed by atoms with Gasteiger partial charge in [-0.15, -0.1) is 0 Å². The lowest BCUT2D eigenvalue weighted by Gasteiger charge is -2.14. The maximum atomic E-state index is 12.8. The van der Waals surface area contributed by atoms with E-state index in [2.05, 4.69) is 24.3 Å². The van der Waals surface area contributed by atoms with Crippen molar-refractivity contribution >= 4 is 11.9 Å². The highest BCUT2D eigenvalue weighted by molar-refractivity contribution is 5.95. The predicted octanol–water partition coefficient (Wildman–Crippen LogP) is 5.37. The number of allylic oxidation sites excluding steroid dienone is 1. The van der Waals surface area contributed by atoms with Gasteiger partial charge in [0.25, 0.3) is 0 Å². The van der Waals surface area contributed by atoms with Crippen molar-refractivity contribution in [3.05, 3.63) is 114 Å². The van der Waals surface area contributed by atoms with Gasteiger partial charge in [-0.1, -0.05) is 97.1 Å². The molecule has 0 N–H and O–H groups in total. The number of carbonyl (C=O) groups is 1. The molecule has 3 aromatic rings.